The zero-order chi connectivity index (χ0) is 10.9. The Kier molecular flexibility index (Phi) is 2.78. The highest BCUT2D eigenvalue weighted by molar-refractivity contribution is 5.95. The third kappa shape index (κ3) is 2.02. The SMILES string of the molecule is CC(=O)C1=CC=CC(C(F)(F)F)C1F. The Labute approximate surface area is 78.1 Å². The van der Waals surface area contributed by atoms with Crippen molar-refractivity contribution in [3.8, 4) is 0 Å². The first-order valence-electron chi connectivity index (χ1n) is 3.94. The van der Waals surface area contributed by atoms with Gasteiger partial charge in [0, 0.05) is 5.57 Å². The number of halogens is 4. The molecule has 0 fully saturated rings. The lowest BCUT2D eigenvalue weighted by atomic mass is 9.90. The van der Waals surface area contributed by atoms with Crippen LogP contribution in [0.3, 0.4) is 0 Å². The molecule has 0 saturated heterocycles. The van der Waals surface area contributed by atoms with Gasteiger partial charge in [-0.25, -0.2) is 4.39 Å². The predicted molar refractivity (Wildman–Crippen MR) is 42.3 cm³/mol. The first-order chi connectivity index (χ1) is 6.34. The van der Waals surface area contributed by atoms with E-state index in [1.165, 1.54) is 0 Å². The highest BCUT2D eigenvalue weighted by Crippen LogP contribution is 2.36. The number of hydrogen-bond donors (Lipinski definition) is 0. The van der Waals surface area contributed by atoms with Crippen LogP contribution in [0.15, 0.2) is 23.8 Å². The van der Waals surface area contributed by atoms with Crippen LogP contribution in [0.1, 0.15) is 6.92 Å². The molecule has 0 spiro atoms. The topological polar surface area (TPSA) is 17.1 Å². The number of alkyl halides is 4. The van der Waals surface area contributed by atoms with Crippen LogP contribution < -0.4 is 0 Å². The van der Waals surface area contributed by atoms with Crippen LogP contribution in [0.2, 0.25) is 0 Å². The Morgan fingerprint density at radius 3 is 2.43 bits per heavy atom. The normalized spacial score (nSPS) is 27.4. The number of carbonyl (C=O) groups excluding carboxylic acids is 1. The van der Waals surface area contributed by atoms with Crippen molar-refractivity contribution < 1.29 is 22.4 Å². The summed E-state index contributed by atoms with van der Waals surface area (Å²) in [5.74, 6) is -2.87. The van der Waals surface area contributed by atoms with Crippen molar-refractivity contribution in [2.45, 2.75) is 19.3 Å². The van der Waals surface area contributed by atoms with Crippen LogP contribution in [0.5, 0.6) is 0 Å². The molecular formula is C9H8F4O. The summed E-state index contributed by atoms with van der Waals surface area (Å²) in [6.45, 7) is 1.05. The van der Waals surface area contributed by atoms with Crippen molar-refractivity contribution in [3.63, 3.8) is 0 Å². The van der Waals surface area contributed by atoms with Gasteiger partial charge in [0.1, 0.15) is 12.1 Å². The van der Waals surface area contributed by atoms with Gasteiger partial charge in [-0.15, -0.1) is 0 Å². The summed E-state index contributed by atoms with van der Waals surface area (Å²) in [7, 11) is 0. The van der Waals surface area contributed by atoms with E-state index in [4.69, 9.17) is 0 Å². The molecule has 5 heteroatoms. The summed E-state index contributed by atoms with van der Waals surface area (Å²) in [4.78, 5) is 10.8. The Hall–Kier alpha value is -1.13. The third-order valence-corrected chi connectivity index (χ3v) is 1.99. The molecule has 14 heavy (non-hydrogen) atoms. The minimum absolute atomic E-state index is 0.421. The lowest BCUT2D eigenvalue weighted by Gasteiger charge is -2.23. The summed E-state index contributed by atoms with van der Waals surface area (Å²) < 4.78 is 49.8. The number of carbonyl (C=O) groups is 1. The summed E-state index contributed by atoms with van der Waals surface area (Å²) in [5, 5.41) is 0. The number of ketones is 1. The highest BCUT2D eigenvalue weighted by atomic mass is 19.4. The fourth-order valence-electron chi connectivity index (χ4n) is 1.25. The largest absolute Gasteiger partial charge is 0.398 e. The van der Waals surface area contributed by atoms with E-state index in [0.29, 0.717) is 0 Å². The van der Waals surface area contributed by atoms with Gasteiger partial charge in [-0.3, -0.25) is 4.79 Å². The zero-order valence-electron chi connectivity index (χ0n) is 7.31. The summed E-state index contributed by atoms with van der Waals surface area (Å²) in [6, 6.07) is 0. The molecule has 1 aliphatic rings. The quantitative estimate of drug-likeness (QED) is 0.605. The molecule has 0 bridgehead atoms. The fourth-order valence-corrected chi connectivity index (χ4v) is 1.25. The molecule has 2 atom stereocenters. The van der Waals surface area contributed by atoms with Gasteiger partial charge in [-0.05, 0) is 6.92 Å². The average molecular weight is 208 g/mol. The van der Waals surface area contributed by atoms with Crippen molar-refractivity contribution in [1.82, 2.24) is 0 Å². The Morgan fingerprint density at radius 1 is 1.43 bits per heavy atom. The molecule has 0 aromatic carbocycles. The second kappa shape index (κ2) is 3.55. The van der Waals surface area contributed by atoms with Crippen molar-refractivity contribution in [1.29, 1.82) is 0 Å². The van der Waals surface area contributed by atoms with Gasteiger partial charge in [0.15, 0.2) is 5.78 Å². The van der Waals surface area contributed by atoms with Gasteiger partial charge in [-0.2, -0.15) is 13.2 Å². The van der Waals surface area contributed by atoms with Crippen LogP contribution >= 0.6 is 0 Å². The third-order valence-electron chi connectivity index (χ3n) is 1.99. The van der Waals surface area contributed by atoms with E-state index in [1.54, 1.807) is 0 Å². The van der Waals surface area contributed by atoms with Crippen LogP contribution in [0.25, 0.3) is 0 Å². The average Bonchev–Trinajstić information content (AvgIpc) is 2.01. The number of hydrogen-bond acceptors (Lipinski definition) is 1. The molecule has 0 radical (unpaired) electrons. The van der Waals surface area contributed by atoms with Gasteiger partial charge in [0.05, 0.1) is 0 Å². The van der Waals surface area contributed by atoms with E-state index in [2.05, 4.69) is 0 Å². The second-order valence-corrected chi connectivity index (χ2v) is 3.03. The van der Waals surface area contributed by atoms with Crippen LogP contribution in [-0.4, -0.2) is 18.1 Å². The second-order valence-electron chi connectivity index (χ2n) is 3.03. The standard InChI is InChI=1S/C9H8F4O/c1-5(14)6-3-2-4-7(8(6)10)9(11,12)13/h2-4,7-8H,1H3. The van der Waals surface area contributed by atoms with Gasteiger partial charge >= 0.3 is 6.18 Å². The van der Waals surface area contributed by atoms with E-state index < -0.39 is 29.6 Å². The van der Waals surface area contributed by atoms with Crippen molar-refractivity contribution in [2.24, 2.45) is 5.92 Å². The molecule has 0 aliphatic heterocycles. The maximum absolute atomic E-state index is 13.2. The Bertz CT molecular complexity index is 300. The molecule has 78 valence electrons. The van der Waals surface area contributed by atoms with Crippen molar-refractivity contribution >= 4 is 5.78 Å². The minimum Gasteiger partial charge on any atom is -0.295 e. The molecule has 1 rings (SSSR count). The number of Topliss-reactive ketones (excluding diaryl/α,β-unsaturated/α-hetero) is 1. The monoisotopic (exact) mass is 208 g/mol. The summed E-state index contributed by atoms with van der Waals surface area (Å²) >= 11 is 0. The molecule has 0 aromatic rings. The molecule has 1 aliphatic carbocycles. The van der Waals surface area contributed by atoms with E-state index in [9.17, 15) is 22.4 Å². The number of allylic oxidation sites excluding steroid dienone is 4. The highest BCUT2D eigenvalue weighted by Gasteiger charge is 2.46. The minimum atomic E-state index is -4.65. The molecular weight excluding hydrogens is 200 g/mol. The van der Waals surface area contributed by atoms with E-state index in [-0.39, 0.29) is 0 Å². The Balaban J connectivity index is 2.95. The molecule has 0 aromatic heterocycles. The van der Waals surface area contributed by atoms with Crippen molar-refractivity contribution in [2.75, 3.05) is 0 Å². The maximum atomic E-state index is 13.2. The Morgan fingerprint density at radius 2 is 2.00 bits per heavy atom. The first-order valence-corrected chi connectivity index (χ1v) is 3.94. The fraction of sp³-hybridized carbons (Fsp3) is 0.444. The van der Waals surface area contributed by atoms with Crippen LogP contribution in [-0.2, 0) is 4.79 Å². The first kappa shape index (κ1) is 10.9. The molecule has 0 heterocycles. The van der Waals surface area contributed by atoms with Gasteiger partial charge in [-0.1, -0.05) is 18.2 Å². The van der Waals surface area contributed by atoms with E-state index in [0.717, 1.165) is 25.2 Å². The lowest BCUT2D eigenvalue weighted by molar-refractivity contribution is -0.173. The lowest BCUT2D eigenvalue weighted by Crippen LogP contribution is -2.34. The van der Waals surface area contributed by atoms with Crippen LogP contribution in [0, 0.1) is 5.92 Å². The van der Waals surface area contributed by atoms with Gasteiger partial charge < -0.3 is 0 Å². The maximum Gasteiger partial charge on any atom is 0.398 e. The van der Waals surface area contributed by atoms with E-state index in [1.807, 2.05) is 0 Å². The predicted octanol–water partition coefficient (Wildman–Crippen LogP) is 2.59. The smallest absolute Gasteiger partial charge is 0.295 e. The molecule has 0 amide bonds. The molecule has 0 saturated carbocycles. The zero-order valence-corrected chi connectivity index (χ0v) is 7.31. The van der Waals surface area contributed by atoms with Gasteiger partial charge in [0.25, 0.3) is 0 Å². The number of rotatable bonds is 1. The van der Waals surface area contributed by atoms with Gasteiger partial charge in [0.2, 0.25) is 0 Å². The van der Waals surface area contributed by atoms with Crippen molar-refractivity contribution in [3.05, 3.63) is 23.8 Å². The molecule has 2 unspecified atom stereocenters. The molecule has 0 N–H and O–H groups in total. The molecule has 1 nitrogen and oxygen atoms in total. The van der Waals surface area contributed by atoms with E-state index >= 15 is 0 Å². The summed E-state index contributed by atoms with van der Waals surface area (Å²) in [6.07, 6.45) is -4.07. The van der Waals surface area contributed by atoms with Crippen LogP contribution in [0.4, 0.5) is 17.6 Å². The summed E-state index contributed by atoms with van der Waals surface area (Å²) in [5.41, 5.74) is -0.421.